The highest BCUT2D eigenvalue weighted by Crippen LogP contribution is 2.35. The van der Waals surface area contributed by atoms with Gasteiger partial charge in [-0.15, -0.1) is 0 Å². The Morgan fingerprint density at radius 3 is 2.63 bits per heavy atom. The van der Waals surface area contributed by atoms with Gasteiger partial charge in [0, 0.05) is 17.0 Å². The Morgan fingerprint density at radius 1 is 1.07 bits per heavy atom. The topological polar surface area (TPSA) is 77.9 Å². The van der Waals surface area contributed by atoms with Crippen molar-refractivity contribution >= 4 is 17.1 Å². The van der Waals surface area contributed by atoms with E-state index < -0.39 is 6.16 Å². The number of nitrogens with zero attached hydrogens (tertiary/aromatic N) is 1. The quantitative estimate of drug-likeness (QED) is 0.460. The van der Waals surface area contributed by atoms with Crippen LogP contribution in [-0.4, -0.2) is 30.0 Å². The molecule has 1 N–H and O–H groups in total. The van der Waals surface area contributed by atoms with Gasteiger partial charge in [-0.2, -0.15) is 0 Å². The molecule has 3 aromatic rings. The van der Waals surface area contributed by atoms with Crippen molar-refractivity contribution in [3.63, 3.8) is 0 Å². The smallest absolute Gasteiger partial charge is 0.493 e. The lowest BCUT2D eigenvalue weighted by atomic mass is 10.1. The first kappa shape index (κ1) is 18.5. The highest BCUT2D eigenvalue weighted by atomic mass is 16.7. The van der Waals surface area contributed by atoms with Gasteiger partial charge in [-0.1, -0.05) is 25.5 Å². The number of rotatable bonds is 7. The summed E-state index contributed by atoms with van der Waals surface area (Å²) in [5.74, 6) is 1.50. The summed E-state index contributed by atoms with van der Waals surface area (Å²) in [5.41, 5.74) is 2.01. The molecule has 0 amide bonds. The number of ether oxygens (including phenoxy) is 3. The molecule has 0 atom stereocenters. The lowest BCUT2D eigenvalue weighted by Gasteiger charge is -2.13. The molecule has 0 saturated carbocycles. The number of methoxy groups -OCH3 is 1. The number of hydrogen-bond donors (Lipinski definition) is 1. The van der Waals surface area contributed by atoms with Gasteiger partial charge >= 0.3 is 6.16 Å². The molecule has 0 bridgehead atoms. The first-order valence-electron chi connectivity index (χ1n) is 8.74. The molecular formula is C21H21NO5. The van der Waals surface area contributed by atoms with Crippen LogP contribution in [0.3, 0.4) is 0 Å². The van der Waals surface area contributed by atoms with E-state index in [1.165, 1.54) is 0 Å². The van der Waals surface area contributed by atoms with Crippen molar-refractivity contribution in [1.29, 1.82) is 0 Å². The number of carbonyl (C=O) groups is 1. The third-order valence-corrected chi connectivity index (χ3v) is 4.09. The fraction of sp³-hybridized carbons (Fsp3) is 0.238. The molecule has 1 aromatic heterocycles. The maximum Gasteiger partial charge on any atom is 0.511 e. The number of aromatic nitrogens is 1. The molecule has 140 valence electrons. The number of carboxylic acid groups (broad SMARTS) is 1. The fourth-order valence-corrected chi connectivity index (χ4v) is 2.74. The second-order valence-corrected chi connectivity index (χ2v) is 5.96. The average molecular weight is 367 g/mol. The highest BCUT2D eigenvalue weighted by molar-refractivity contribution is 5.89. The van der Waals surface area contributed by atoms with E-state index >= 15 is 0 Å². The number of unbranched alkanes of at least 4 members (excludes halogenated alkanes) is 1. The van der Waals surface area contributed by atoms with Crippen LogP contribution < -0.4 is 14.2 Å². The summed E-state index contributed by atoms with van der Waals surface area (Å²) in [6.07, 6.45) is 0.649. The molecule has 0 unspecified atom stereocenters. The van der Waals surface area contributed by atoms with Crippen molar-refractivity contribution < 1.29 is 24.1 Å². The van der Waals surface area contributed by atoms with Crippen molar-refractivity contribution in [2.24, 2.45) is 0 Å². The minimum Gasteiger partial charge on any atom is -0.493 e. The SMILES string of the molecule is CCCCOc1ccc(-c2cc(OC(=O)O)c3ccccc3n2)cc1OC. The zero-order valence-corrected chi connectivity index (χ0v) is 15.3. The minimum atomic E-state index is -1.37. The molecule has 6 heteroatoms. The lowest BCUT2D eigenvalue weighted by Crippen LogP contribution is -2.04. The molecule has 2 aromatic carbocycles. The Balaban J connectivity index is 2.02. The van der Waals surface area contributed by atoms with Crippen LogP contribution in [0.1, 0.15) is 19.8 Å². The molecule has 0 aliphatic rings. The van der Waals surface area contributed by atoms with Gasteiger partial charge in [0.15, 0.2) is 11.5 Å². The molecule has 0 spiro atoms. The molecule has 0 aliphatic heterocycles. The van der Waals surface area contributed by atoms with Crippen LogP contribution in [0, 0.1) is 0 Å². The van der Waals surface area contributed by atoms with Crippen molar-refractivity contribution in [3.05, 3.63) is 48.5 Å². The van der Waals surface area contributed by atoms with Gasteiger partial charge < -0.3 is 19.3 Å². The van der Waals surface area contributed by atoms with Crippen LogP contribution in [0.25, 0.3) is 22.2 Å². The molecule has 0 aliphatic carbocycles. The molecule has 6 nitrogen and oxygen atoms in total. The molecular weight excluding hydrogens is 346 g/mol. The Bertz CT molecular complexity index is 954. The van der Waals surface area contributed by atoms with Gasteiger partial charge in [-0.05, 0) is 36.8 Å². The summed E-state index contributed by atoms with van der Waals surface area (Å²) in [5, 5.41) is 9.66. The highest BCUT2D eigenvalue weighted by Gasteiger charge is 2.13. The third kappa shape index (κ3) is 4.28. The first-order valence-corrected chi connectivity index (χ1v) is 8.74. The van der Waals surface area contributed by atoms with Gasteiger partial charge in [0.1, 0.15) is 5.75 Å². The predicted octanol–water partition coefficient (Wildman–Crippen LogP) is 5.15. The number of pyridine rings is 1. The Labute approximate surface area is 157 Å². The normalized spacial score (nSPS) is 10.6. The maximum absolute atomic E-state index is 11.1. The largest absolute Gasteiger partial charge is 0.511 e. The molecule has 27 heavy (non-hydrogen) atoms. The van der Waals surface area contributed by atoms with Crippen molar-refractivity contribution in [2.75, 3.05) is 13.7 Å². The van der Waals surface area contributed by atoms with Gasteiger partial charge in [-0.25, -0.2) is 9.78 Å². The Kier molecular flexibility index (Phi) is 5.76. The third-order valence-electron chi connectivity index (χ3n) is 4.09. The maximum atomic E-state index is 11.1. The van der Waals surface area contributed by atoms with Crippen LogP contribution in [0.2, 0.25) is 0 Å². The fourth-order valence-electron chi connectivity index (χ4n) is 2.74. The van der Waals surface area contributed by atoms with E-state index in [9.17, 15) is 4.79 Å². The van der Waals surface area contributed by atoms with E-state index in [4.69, 9.17) is 19.3 Å². The second-order valence-electron chi connectivity index (χ2n) is 5.96. The van der Waals surface area contributed by atoms with Gasteiger partial charge in [0.2, 0.25) is 0 Å². The van der Waals surface area contributed by atoms with Gasteiger partial charge in [0.25, 0.3) is 0 Å². The summed E-state index contributed by atoms with van der Waals surface area (Å²) in [7, 11) is 1.58. The number of para-hydroxylation sites is 1. The predicted molar refractivity (Wildman–Crippen MR) is 103 cm³/mol. The molecule has 0 fully saturated rings. The van der Waals surface area contributed by atoms with E-state index in [1.54, 1.807) is 19.2 Å². The van der Waals surface area contributed by atoms with Crippen molar-refractivity contribution in [1.82, 2.24) is 4.98 Å². The van der Waals surface area contributed by atoms with Crippen LogP contribution in [0.15, 0.2) is 48.5 Å². The van der Waals surface area contributed by atoms with E-state index in [1.807, 2.05) is 36.4 Å². The average Bonchev–Trinajstić information content (AvgIpc) is 2.68. The summed E-state index contributed by atoms with van der Waals surface area (Å²) in [4.78, 5) is 15.7. The zero-order valence-electron chi connectivity index (χ0n) is 15.3. The Morgan fingerprint density at radius 2 is 1.89 bits per heavy atom. The zero-order chi connectivity index (χ0) is 19.2. The van der Waals surface area contributed by atoms with Crippen LogP contribution >= 0.6 is 0 Å². The number of benzene rings is 2. The summed E-state index contributed by atoms with van der Waals surface area (Å²) in [6.45, 7) is 2.73. The van der Waals surface area contributed by atoms with E-state index in [0.29, 0.717) is 34.7 Å². The lowest BCUT2D eigenvalue weighted by molar-refractivity contribution is 0.145. The molecule has 0 saturated heterocycles. The molecule has 3 rings (SSSR count). The summed E-state index contributed by atoms with van der Waals surface area (Å²) in [6, 6.07) is 14.4. The van der Waals surface area contributed by atoms with Crippen molar-refractivity contribution in [2.45, 2.75) is 19.8 Å². The number of hydrogen-bond acceptors (Lipinski definition) is 5. The van der Waals surface area contributed by atoms with Crippen LogP contribution in [0.5, 0.6) is 17.2 Å². The van der Waals surface area contributed by atoms with Crippen LogP contribution in [0.4, 0.5) is 4.79 Å². The van der Waals surface area contributed by atoms with E-state index in [2.05, 4.69) is 11.9 Å². The van der Waals surface area contributed by atoms with E-state index in [-0.39, 0.29) is 5.75 Å². The summed E-state index contributed by atoms with van der Waals surface area (Å²) < 4.78 is 16.2. The van der Waals surface area contributed by atoms with Gasteiger partial charge in [0.05, 0.1) is 24.9 Å². The number of fused-ring (bicyclic) bond motifs is 1. The first-order chi connectivity index (χ1) is 13.1. The molecule has 0 radical (unpaired) electrons. The van der Waals surface area contributed by atoms with E-state index in [0.717, 1.165) is 18.4 Å². The van der Waals surface area contributed by atoms with Crippen molar-refractivity contribution in [3.8, 4) is 28.5 Å². The standard InChI is InChI=1S/C21H21NO5/c1-3-4-11-26-18-10-9-14(12-20(18)25-2)17-13-19(27-21(23)24)15-7-5-6-8-16(15)22-17/h5-10,12-13H,3-4,11H2,1-2H3,(H,23,24). The second kappa shape index (κ2) is 8.40. The van der Waals surface area contributed by atoms with Crippen LogP contribution in [-0.2, 0) is 0 Å². The minimum absolute atomic E-state index is 0.241. The summed E-state index contributed by atoms with van der Waals surface area (Å²) >= 11 is 0. The monoisotopic (exact) mass is 367 g/mol. The van der Waals surface area contributed by atoms with Gasteiger partial charge in [-0.3, -0.25) is 0 Å². The Hall–Kier alpha value is -3.28. The molecule has 1 heterocycles.